The van der Waals surface area contributed by atoms with Crippen molar-refractivity contribution in [2.75, 3.05) is 46.8 Å². The van der Waals surface area contributed by atoms with Gasteiger partial charge in [-0.1, -0.05) is 20.8 Å². The monoisotopic (exact) mass is 229 g/mol. The van der Waals surface area contributed by atoms with Crippen molar-refractivity contribution < 1.29 is 0 Å². The molecule has 0 heterocycles. The lowest BCUT2D eigenvalue weighted by Crippen LogP contribution is -2.45. The molecule has 3 heteroatoms. The molecular weight excluding hydrogens is 198 g/mol. The normalized spacial score (nSPS) is 14.1. The summed E-state index contributed by atoms with van der Waals surface area (Å²) in [5, 5.41) is 3.43. The Labute approximate surface area is 102 Å². The molecule has 0 aliphatic carbocycles. The molecule has 1 atom stereocenters. The molecule has 0 saturated carbocycles. The van der Waals surface area contributed by atoms with Crippen molar-refractivity contribution in [2.45, 2.75) is 33.7 Å². The summed E-state index contributed by atoms with van der Waals surface area (Å²) in [6.45, 7) is 14.7. The number of hydrogen-bond donors (Lipinski definition) is 1. The molecule has 0 aliphatic rings. The van der Waals surface area contributed by atoms with Crippen LogP contribution < -0.4 is 5.32 Å². The Morgan fingerprint density at radius 1 is 1.06 bits per heavy atom. The highest BCUT2D eigenvalue weighted by atomic mass is 15.2. The van der Waals surface area contributed by atoms with Crippen molar-refractivity contribution >= 4 is 0 Å². The smallest absolute Gasteiger partial charge is 0.0193 e. The van der Waals surface area contributed by atoms with E-state index >= 15 is 0 Å². The zero-order chi connectivity index (χ0) is 12.6. The van der Waals surface area contributed by atoms with Gasteiger partial charge < -0.3 is 10.2 Å². The van der Waals surface area contributed by atoms with E-state index in [4.69, 9.17) is 0 Å². The lowest BCUT2D eigenvalue weighted by atomic mass is 10.1. The molecule has 0 amide bonds. The summed E-state index contributed by atoms with van der Waals surface area (Å²) >= 11 is 0. The Morgan fingerprint density at radius 3 is 2.12 bits per heavy atom. The Bertz CT molecular complexity index is 157. The predicted octanol–water partition coefficient (Wildman–Crippen LogP) is 1.50. The van der Waals surface area contributed by atoms with Crippen LogP contribution in [0.4, 0.5) is 0 Å². The van der Waals surface area contributed by atoms with Crippen LogP contribution in [0.15, 0.2) is 0 Å². The molecule has 16 heavy (non-hydrogen) atoms. The first kappa shape index (κ1) is 15.9. The van der Waals surface area contributed by atoms with Gasteiger partial charge in [-0.25, -0.2) is 0 Å². The van der Waals surface area contributed by atoms with Crippen LogP contribution in [0, 0.1) is 5.92 Å². The second-order valence-electron chi connectivity index (χ2n) is 5.35. The maximum Gasteiger partial charge on any atom is 0.0193 e. The second kappa shape index (κ2) is 8.97. The van der Waals surface area contributed by atoms with Gasteiger partial charge in [-0.05, 0) is 33.5 Å². The Hall–Kier alpha value is -0.120. The predicted molar refractivity (Wildman–Crippen MR) is 73.0 cm³/mol. The highest BCUT2D eigenvalue weighted by Gasteiger charge is 2.14. The molecule has 0 aromatic rings. The fourth-order valence-corrected chi connectivity index (χ4v) is 1.77. The molecule has 1 unspecified atom stereocenters. The molecule has 0 spiro atoms. The van der Waals surface area contributed by atoms with Gasteiger partial charge in [-0.3, -0.25) is 4.90 Å². The summed E-state index contributed by atoms with van der Waals surface area (Å²) in [7, 11) is 4.28. The highest BCUT2D eigenvalue weighted by molar-refractivity contribution is 4.71. The number of rotatable bonds is 9. The summed E-state index contributed by atoms with van der Waals surface area (Å²) in [6.07, 6.45) is 0. The van der Waals surface area contributed by atoms with Gasteiger partial charge in [0.1, 0.15) is 0 Å². The minimum Gasteiger partial charge on any atom is -0.315 e. The standard InChI is InChI=1S/C13H31N3/c1-7-14-10-13(4)16(11-12(2)3)9-8-15(5)6/h12-14H,7-11H2,1-6H3. The van der Waals surface area contributed by atoms with Crippen molar-refractivity contribution in [3.8, 4) is 0 Å². The van der Waals surface area contributed by atoms with Crippen molar-refractivity contribution in [1.82, 2.24) is 15.1 Å². The molecule has 0 saturated heterocycles. The maximum absolute atomic E-state index is 3.43. The number of nitrogens with zero attached hydrogens (tertiary/aromatic N) is 2. The van der Waals surface area contributed by atoms with E-state index in [9.17, 15) is 0 Å². The number of hydrogen-bond acceptors (Lipinski definition) is 3. The van der Waals surface area contributed by atoms with Gasteiger partial charge in [0.25, 0.3) is 0 Å². The fourth-order valence-electron chi connectivity index (χ4n) is 1.77. The second-order valence-corrected chi connectivity index (χ2v) is 5.35. The van der Waals surface area contributed by atoms with Gasteiger partial charge in [0, 0.05) is 32.2 Å². The first-order valence-electron chi connectivity index (χ1n) is 6.56. The Morgan fingerprint density at radius 2 is 1.69 bits per heavy atom. The third kappa shape index (κ3) is 8.08. The molecule has 0 aliphatic heterocycles. The topological polar surface area (TPSA) is 18.5 Å². The van der Waals surface area contributed by atoms with E-state index in [1.807, 2.05) is 0 Å². The van der Waals surface area contributed by atoms with Gasteiger partial charge >= 0.3 is 0 Å². The largest absolute Gasteiger partial charge is 0.315 e. The summed E-state index contributed by atoms with van der Waals surface area (Å²) in [5.41, 5.74) is 0. The summed E-state index contributed by atoms with van der Waals surface area (Å²) in [4.78, 5) is 4.85. The van der Waals surface area contributed by atoms with Crippen LogP contribution in [0.3, 0.4) is 0 Å². The number of likely N-dealkylation sites (N-methyl/N-ethyl adjacent to an activating group) is 2. The molecule has 0 fully saturated rings. The fraction of sp³-hybridized carbons (Fsp3) is 1.00. The van der Waals surface area contributed by atoms with E-state index in [2.05, 4.69) is 56.9 Å². The third-order valence-electron chi connectivity index (χ3n) is 2.75. The minimum atomic E-state index is 0.627. The average Bonchev–Trinajstić information content (AvgIpc) is 2.19. The molecule has 1 N–H and O–H groups in total. The van der Waals surface area contributed by atoms with E-state index in [1.165, 1.54) is 6.54 Å². The third-order valence-corrected chi connectivity index (χ3v) is 2.75. The van der Waals surface area contributed by atoms with Gasteiger partial charge in [0.05, 0.1) is 0 Å². The molecule has 0 rings (SSSR count). The Balaban J connectivity index is 4.06. The van der Waals surface area contributed by atoms with E-state index in [0.717, 1.165) is 32.1 Å². The summed E-state index contributed by atoms with van der Waals surface area (Å²) in [6, 6.07) is 0.627. The minimum absolute atomic E-state index is 0.627. The molecular formula is C13H31N3. The highest BCUT2D eigenvalue weighted by Crippen LogP contribution is 2.04. The van der Waals surface area contributed by atoms with E-state index in [0.29, 0.717) is 6.04 Å². The lowest BCUT2D eigenvalue weighted by molar-refractivity contribution is 0.167. The van der Waals surface area contributed by atoms with Gasteiger partial charge in [-0.2, -0.15) is 0 Å². The molecule has 0 aromatic carbocycles. The van der Waals surface area contributed by atoms with Crippen molar-refractivity contribution in [2.24, 2.45) is 5.92 Å². The SMILES string of the molecule is CCNCC(C)N(CCN(C)C)CC(C)C. The molecule has 0 aromatic heterocycles. The van der Waals surface area contributed by atoms with Crippen LogP contribution in [-0.4, -0.2) is 62.7 Å². The van der Waals surface area contributed by atoms with Crippen LogP contribution in [0.5, 0.6) is 0 Å². The molecule has 0 radical (unpaired) electrons. The van der Waals surface area contributed by atoms with Crippen molar-refractivity contribution in [3.05, 3.63) is 0 Å². The molecule has 3 nitrogen and oxygen atoms in total. The first-order valence-corrected chi connectivity index (χ1v) is 6.56. The zero-order valence-corrected chi connectivity index (χ0v) is 12.1. The molecule has 98 valence electrons. The van der Waals surface area contributed by atoms with Crippen molar-refractivity contribution in [3.63, 3.8) is 0 Å². The quantitative estimate of drug-likeness (QED) is 0.646. The maximum atomic E-state index is 3.43. The van der Waals surface area contributed by atoms with Gasteiger partial charge in [0.15, 0.2) is 0 Å². The van der Waals surface area contributed by atoms with Crippen LogP contribution in [0.2, 0.25) is 0 Å². The van der Waals surface area contributed by atoms with E-state index < -0.39 is 0 Å². The van der Waals surface area contributed by atoms with E-state index in [-0.39, 0.29) is 0 Å². The van der Waals surface area contributed by atoms with Crippen LogP contribution in [0.1, 0.15) is 27.7 Å². The van der Waals surface area contributed by atoms with Gasteiger partial charge in [-0.15, -0.1) is 0 Å². The zero-order valence-electron chi connectivity index (χ0n) is 12.1. The summed E-state index contributed by atoms with van der Waals surface area (Å²) in [5.74, 6) is 0.742. The van der Waals surface area contributed by atoms with Crippen LogP contribution in [-0.2, 0) is 0 Å². The van der Waals surface area contributed by atoms with Crippen LogP contribution >= 0.6 is 0 Å². The Kier molecular flexibility index (Phi) is 8.90. The lowest BCUT2D eigenvalue weighted by Gasteiger charge is -2.31. The van der Waals surface area contributed by atoms with E-state index in [1.54, 1.807) is 0 Å². The summed E-state index contributed by atoms with van der Waals surface area (Å²) < 4.78 is 0. The average molecular weight is 229 g/mol. The number of nitrogens with one attached hydrogen (secondary N) is 1. The van der Waals surface area contributed by atoms with Crippen molar-refractivity contribution in [1.29, 1.82) is 0 Å². The van der Waals surface area contributed by atoms with Crippen LogP contribution in [0.25, 0.3) is 0 Å². The van der Waals surface area contributed by atoms with Gasteiger partial charge in [0.2, 0.25) is 0 Å². The first-order chi connectivity index (χ1) is 7.47. The molecule has 0 bridgehead atoms.